The third-order valence-electron chi connectivity index (χ3n) is 8.79. The number of benzene rings is 2. The first kappa shape index (κ1) is 24.7. The molecular weight excluding hydrogens is 572 g/mol. The Bertz CT molecular complexity index is 1890. The maximum atomic E-state index is 13.7. The van der Waals surface area contributed by atoms with Crippen molar-refractivity contribution in [3.05, 3.63) is 77.4 Å². The van der Waals surface area contributed by atoms with Gasteiger partial charge < -0.3 is 14.2 Å². The third kappa shape index (κ3) is 4.47. The predicted octanol–water partition coefficient (Wildman–Crippen LogP) is 6.25. The molecule has 4 aromatic rings. The molecule has 2 aromatic heterocycles. The molecule has 3 atom stereocenters. The zero-order chi connectivity index (χ0) is 32.8. The first-order chi connectivity index (χ1) is 21.7. The van der Waals surface area contributed by atoms with Crippen LogP contribution in [0, 0.1) is 0 Å². The Balaban J connectivity index is 1.31. The average Bonchev–Trinajstić information content (AvgIpc) is 3.46. The number of nitrogens with one attached hydrogen (secondary N) is 1. The van der Waals surface area contributed by atoms with Crippen molar-refractivity contribution in [2.45, 2.75) is 75.4 Å². The fourth-order valence-corrected chi connectivity index (χ4v) is 7.38. The molecule has 8 nitrogen and oxygen atoms in total. The molecule has 1 amide bonds. The summed E-state index contributed by atoms with van der Waals surface area (Å²) in [6, 6.07) is 12.2. The highest BCUT2D eigenvalue weighted by Gasteiger charge is 2.45. The zero-order valence-corrected chi connectivity index (χ0v) is 24.8. The van der Waals surface area contributed by atoms with Crippen LogP contribution in [0.25, 0.3) is 22.2 Å². The lowest BCUT2D eigenvalue weighted by Crippen LogP contribution is -2.52. The van der Waals surface area contributed by atoms with Gasteiger partial charge in [0.25, 0.3) is 5.91 Å². The summed E-state index contributed by atoms with van der Waals surface area (Å²) in [6.45, 7) is -0.138. The van der Waals surface area contributed by atoms with Gasteiger partial charge in [-0.2, -0.15) is 8.78 Å². The van der Waals surface area contributed by atoms with E-state index in [0.29, 0.717) is 16.9 Å². The second-order valence-electron chi connectivity index (χ2n) is 12.4. The predicted molar refractivity (Wildman–Crippen MR) is 160 cm³/mol. The van der Waals surface area contributed by atoms with Gasteiger partial charge in [-0.1, -0.05) is 18.2 Å². The fraction of sp³-hybridized carbons (Fsp3) is 0.406. The van der Waals surface area contributed by atoms with Gasteiger partial charge in [0.1, 0.15) is 11.6 Å². The number of fused-ring (bicyclic) bond motifs is 9. The molecule has 4 heterocycles. The number of carbonyl (C=O) groups is 1. The summed E-state index contributed by atoms with van der Waals surface area (Å²) < 4.78 is 74.2. The Hall–Kier alpha value is -3.70. The van der Waals surface area contributed by atoms with E-state index < -0.39 is 52.8 Å². The SMILES string of the molecule is [2H]C([2H])([2H])N1C(=O)c2cccc(OC(F)F)c2[C@H]2C[C@@H]1c1nc3ccc(-c4ccc(C5(NS(=O)C(C)(C)C)CCC5)nc4)cc3n12. The van der Waals surface area contributed by atoms with Crippen molar-refractivity contribution in [2.24, 2.45) is 0 Å². The normalized spacial score (nSPS) is 22.7. The van der Waals surface area contributed by atoms with Crippen LogP contribution in [-0.2, 0) is 16.5 Å². The van der Waals surface area contributed by atoms with Crippen molar-refractivity contribution in [1.29, 1.82) is 0 Å². The molecule has 2 bridgehead atoms. The van der Waals surface area contributed by atoms with E-state index in [2.05, 4.69) is 4.72 Å². The molecule has 0 saturated heterocycles. The van der Waals surface area contributed by atoms with Gasteiger partial charge in [0.2, 0.25) is 0 Å². The Morgan fingerprint density at radius 2 is 1.93 bits per heavy atom. The standard InChI is InChI=1S/C32H33F2N5O3S/c1-31(2,3)43(41)37-32(13-6-14-32)26-12-10-19(17-35-26)18-9-11-21-22(15-18)39-23-16-24(28(39)36-21)38(4)29(40)20-7-5-8-25(27(20)23)42-30(33)34/h5,7-12,15,17,23-24,30,37H,6,13-14,16H2,1-4H3/t23-,24-,43?/m1/s1/i4D3. The Kier molecular flexibility index (Phi) is 5.70. The molecule has 224 valence electrons. The van der Waals surface area contributed by atoms with Gasteiger partial charge in [0, 0.05) is 40.4 Å². The van der Waals surface area contributed by atoms with E-state index in [4.69, 9.17) is 18.8 Å². The maximum Gasteiger partial charge on any atom is 0.387 e. The lowest BCUT2D eigenvalue weighted by molar-refractivity contribution is -0.0507. The lowest BCUT2D eigenvalue weighted by atomic mass is 9.75. The number of hydrogen-bond donors (Lipinski definition) is 1. The minimum atomic E-state index is -3.13. The molecule has 11 heteroatoms. The maximum absolute atomic E-state index is 13.7. The highest BCUT2D eigenvalue weighted by Crippen LogP contribution is 2.50. The molecule has 1 aliphatic carbocycles. The number of amides is 1. The number of carbonyl (C=O) groups excluding carboxylic acids is 1. The number of ether oxygens (including phenoxy) is 1. The van der Waals surface area contributed by atoms with Crippen LogP contribution in [0.4, 0.5) is 8.78 Å². The highest BCUT2D eigenvalue weighted by molar-refractivity contribution is 7.84. The van der Waals surface area contributed by atoms with Crippen molar-refractivity contribution < 1.29 is 26.6 Å². The first-order valence-electron chi connectivity index (χ1n) is 15.8. The molecule has 0 radical (unpaired) electrons. The van der Waals surface area contributed by atoms with Crippen molar-refractivity contribution in [3.63, 3.8) is 0 Å². The number of halogens is 2. The van der Waals surface area contributed by atoms with Gasteiger partial charge in [0.05, 0.1) is 50.1 Å². The van der Waals surface area contributed by atoms with E-state index >= 15 is 0 Å². The van der Waals surface area contributed by atoms with Crippen LogP contribution in [0.1, 0.15) is 90.1 Å². The summed E-state index contributed by atoms with van der Waals surface area (Å²) in [5, 5.41) is 0. The van der Waals surface area contributed by atoms with Gasteiger partial charge in [-0.3, -0.25) is 9.78 Å². The van der Waals surface area contributed by atoms with E-state index in [1.165, 1.54) is 18.2 Å². The number of nitrogens with zero attached hydrogens (tertiary/aromatic N) is 4. The number of aromatic nitrogens is 3. The van der Waals surface area contributed by atoms with Gasteiger partial charge >= 0.3 is 6.61 Å². The largest absolute Gasteiger partial charge is 0.434 e. The van der Waals surface area contributed by atoms with Crippen LogP contribution in [-0.4, -0.2) is 47.9 Å². The van der Waals surface area contributed by atoms with E-state index in [9.17, 15) is 17.8 Å². The van der Waals surface area contributed by atoms with Gasteiger partial charge in [-0.05, 0) is 75.9 Å². The topological polar surface area (TPSA) is 89.3 Å². The number of hydrogen-bond acceptors (Lipinski definition) is 5. The van der Waals surface area contributed by atoms with Crippen LogP contribution in [0.5, 0.6) is 5.75 Å². The summed E-state index contributed by atoms with van der Waals surface area (Å²) in [4.78, 5) is 24.1. The minimum absolute atomic E-state index is 0.0103. The van der Waals surface area contributed by atoms with Crippen LogP contribution >= 0.6 is 0 Å². The van der Waals surface area contributed by atoms with Gasteiger partial charge in [0.15, 0.2) is 0 Å². The zero-order valence-electron chi connectivity index (χ0n) is 26.9. The molecule has 1 unspecified atom stereocenters. The smallest absolute Gasteiger partial charge is 0.387 e. The Morgan fingerprint density at radius 1 is 1.14 bits per heavy atom. The van der Waals surface area contributed by atoms with E-state index in [1.54, 1.807) is 6.20 Å². The molecule has 1 fully saturated rings. The van der Waals surface area contributed by atoms with Crippen molar-refractivity contribution >= 4 is 27.9 Å². The first-order valence-corrected chi connectivity index (χ1v) is 15.4. The number of rotatable bonds is 6. The number of pyridine rings is 1. The summed E-state index contributed by atoms with van der Waals surface area (Å²) in [7, 11) is -1.25. The molecular formula is C32H33F2N5O3S. The molecule has 2 aromatic carbocycles. The monoisotopic (exact) mass is 608 g/mol. The summed E-state index contributed by atoms with van der Waals surface area (Å²) in [6.07, 6.45) is 4.62. The number of alkyl halides is 2. The van der Waals surface area contributed by atoms with Crippen LogP contribution in [0.15, 0.2) is 54.7 Å². The van der Waals surface area contributed by atoms with Gasteiger partial charge in [-0.15, -0.1) is 0 Å². The molecule has 2 aliphatic heterocycles. The van der Waals surface area contributed by atoms with Crippen molar-refractivity contribution in [3.8, 4) is 16.9 Å². The molecule has 0 spiro atoms. The second kappa shape index (κ2) is 9.92. The molecule has 3 aliphatic rings. The Morgan fingerprint density at radius 3 is 2.58 bits per heavy atom. The number of imidazole rings is 1. The average molecular weight is 609 g/mol. The second-order valence-corrected chi connectivity index (χ2v) is 14.4. The summed E-state index contributed by atoms with van der Waals surface area (Å²) in [5.74, 6) is -0.580. The minimum Gasteiger partial charge on any atom is -0.434 e. The Labute approximate surface area is 255 Å². The molecule has 7 rings (SSSR count). The molecule has 1 N–H and O–H groups in total. The fourth-order valence-electron chi connectivity index (χ4n) is 6.41. The van der Waals surface area contributed by atoms with Crippen molar-refractivity contribution in [2.75, 3.05) is 6.98 Å². The van der Waals surface area contributed by atoms with E-state index in [1.807, 2.05) is 55.7 Å². The van der Waals surface area contributed by atoms with Crippen LogP contribution < -0.4 is 9.46 Å². The molecule has 43 heavy (non-hydrogen) atoms. The van der Waals surface area contributed by atoms with Crippen LogP contribution in [0.2, 0.25) is 0 Å². The van der Waals surface area contributed by atoms with E-state index in [0.717, 1.165) is 41.0 Å². The van der Waals surface area contributed by atoms with Gasteiger partial charge in [-0.25, -0.2) is 13.9 Å². The molecule has 1 saturated carbocycles. The summed E-state index contributed by atoms with van der Waals surface area (Å²) >= 11 is 0. The van der Waals surface area contributed by atoms with Crippen molar-refractivity contribution in [1.82, 2.24) is 24.2 Å². The quantitative estimate of drug-likeness (QED) is 0.280. The highest BCUT2D eigenvalue weighted by atomic mass is 32.2. The summed E-state index contributed by atoms with van der Waals surface area (Å²) in [5.41, 5.74) is 3.50. The lowest BCUT2D eigenvalue weighted by Gasteiger charge is -2.43. The van der Waals surface area contributed by atoms with Crippen LogP contribution in [0.3, 0.4) is 0 Å². The van der Waals surface area contributed by atoms with E-state index in [-0.39, 0.29) is 23.3 Å². The third-order valence-corrected chi connectivity index (χ3v) is 10.5.